The van der Waals surface area contributed by atoms with Crippen LogP contribution < -0.4 is 0 Å². The van der Waals surface area contributed by atoms with Gasteiger partial charge in [-0.3, -0.25) is 4.79 Å². The van der Waals surface area contributed by atoms with Gasteiger partial charge in [0.1, 0.15) is 5.60 Å². The largest absolute Gasteiger partial charge is 0.376 e. The lowest BCUT2D eigenvalue weighted by molar-refractivity contribution is 0.0993. The number of hydrogen-bond donors (Lipinski definition) is 1. The van der Waals surface area contributed by atoms with Crippen LogP contribution in [0.5, 0.6) is 0 Å². The zero-order valence-electron chi connectivity index (χ0n) is 11.1. The molecule has 102 valence electrons. The Labute approximate surface area is 126 Å². The SMILES string of the molecule is O=C1C=C[C@](O)(c2cc3ccccc3s2)c2ccccc21. The Morgan fingerprint density at radius 1 is 1.00 bits per heavy atom. The maximum Gasteiger partial charge on any atom is 0.186 e. The molecule has 0 radical (unpaired) electrons. The van der Waals surface area contributed by atoms with Crippen LogP contribution in [0.15, 0.2) is 66.7 Å². The number of ketones is 1. The van der Waals surface area contributed by atoms with E-state index in [4.69, 9.17) is 0 Å². The summed E-state index contributed by atoms with van der Waals surface area (Å²) in [7, 11) is 0. The molecule has 1 N–H and O–H groups in total. The number of carbonyl (C=O) groups excluding carboxylic acids is 1. The van der Waals surface area contributed by atoms with Gasteiger partial charge in [-0.05, 0) is 29.7 Å². The molecule has 0 unspecified atom stereocenters. The fourth-order valence-electron chi connectivity index (χ4n) is 2.79. The third-order valence-corrected chi connectivity index (χ3v) is 5.12. The van der Waals surface area contributed by atoms with Gasteiger partial charge in [0.25, 0.3) is 0 Å². The van der Waals surface area contributed by atoms with E-state index in [1.54, 1.807) is 23.5 Å². The number of rotatable bonds is 1. The van der Waals surface area contributed by atoms with Crippen LogP contribution in [0.4, 0.5) is 0 Å². The van der Waals surface area contributed by atoms with Gasteiger partial charge >= 0.3 is 0 Å². The summed E-state index contributed by atoms with van der Waals surface area (Å²) < 4.78 is 1.13. The van der Waals surface area contributed by atoms with Gasteiger partial charge in [0.15, 0.2) is 5.78 Å². The average molecular weight is 292 g/mol. The fraction of sp³-hybridized carbons (Fsp3) is 0.0556. The van der Waals surface area contributed by atoms with Gasteiger partial charge in [-0.15, -0.1) is 11.3 Å². The molecule has 2 nitrogen and oxygen atoms in total. The summed E-state index contributed by atoms with van der Waals surface area (Å²) in [6.45, 7) is 0. The first kappa shape index (κ1) is 12.5. The lowest BCUT2D eigenvalue weighted by Crippen LogP contribution is -2.29. The summed E-state index contributed by atoms with van der Waals surface area (Å²) in [6.07, 6.45) is 3.06. The van der Waals surface area contributed by atoms with Gasteiger partial charge in [0, 0.05) is 20.7 Å². The van der Waals surface area contributed by atoms with Crippen LogP contribution in [0.3, 0.4) is 0 Å². The minimum Gasteiger partial charge on any atom is -0.376 e. The van der Waals surface area contributed by atoms with Crippen LogP contribution in [-0.4, -0.2) is 10.9 Å². The molecule has 0 aliphatic heterocycles. The van der Waals surface area contributed by atoms with E-state index >= 15 is 0 Å². The number of hydrogen-bond acceptors (Lipinski definition) is 3. The minimum absolute atomic E-state index is 0.0589. The predicted molar refractivity (Wildman–Crippen MR) is 84.7 cm³/mol. The number of fused-ring (bicyclic) bond motifs is 2. The summed E-state index contributed by atoms with van der Waals surface area (Å²) in [4.78, 5) is 12.8. The van der Waals surface area contributed by atoms with E-state index in [1.807, 2.05) is 48.5 Å². The molecule has 1 heterocycles. The molecule has 1 aliphatic carbocycles. The van der Waals surface area contributed by atoms with Crippen LogP contribution >= 0.6 is 11.3 Å². The standard InChI is InChI=1S/C18H12O2S/c19-15-9-10-18(20,14-7-3-2-6-13(14)15)17-11-12-5-1-4-8-16(12)21-17/h1-11,20H/t18-/m1/s1. The number of thiophene rings is 1. The lowest BCUT2D eigenvalue weighted by Gasteiger charge is -2.28. The average Bonchev–Trinajstić information content (AvgIpc) is 2.96. The Hall–Kier alpha value is -2.23. The molecule has 0 fully saturated rings. The highest BCUT2D eigenvalue weighted by molar-refractivity contribution is 7.19. The van der Waals surface area contributed by atoms with Gasteiger partial charge in [-0.1, -0.05) is 42.5 Å². The van der Waals surface area contributed by atoms with E-state index in [1.165, 1.54) is 6.08 Å². The van der Waals surface area contributed by atoms with E-state index in [-0.39, 0.29) is 5.78 Å². The number of carbonyl (C=O) groups is 1. The molecule has 0 amide bonds. The molecule has 1 atom stereocenters. The van der Waals surface area contributed by atoms with Crippen molar-refractivity contribution < 1.29 is 9.90 Å². The third kappa shape index (κ3) is 1.78. The molecule has 0 spiro atoms. The van der Waals surface area contributed by atoms with Gasteiger partial charge in [-0.25, -0.2) is 0 Å². The second-order valence-corrected chi connectivity index (χ2v) is 6.24. The first-order valence-corrected chi connectivity index (χ1v) is 7.55. The normalized spacial score (nSPS) is 20.7. The summed E-state index contributed by atoms with van der Waals surface area (Å²) in [6, 6.07) is 17.3. The first-order chi connectivity index (χ1) is 10.2. The van der Waals surface area contributed by atoms with Crippen molar-refractivity contribution in [2.45, 2.75) is 5.60 Å². The minimum atomic E-state index is -1.23. The topological polar surface area (TPSA) is 37.3 Å². The Kier molecular flexibility index (Phi) is 2.61. The molecule has 0 bridgehead atoms. The maximum atomic E-state index is 12.0. The van der Waals surface area contributed by atoms with Crippen LogP contribution in [0.1, 0.15) is 20.8 Å². The van der Waals surface area contributed by atoms with Crippen LogP contribution in [0.2, 0.25) is 0 Å². The van der Waals surface area contributed by atoms with E-state index in [9.17, 15) is 9.90 Å². The van der Waals surface area contributed by atoms with Gasteiger partial charge < -0.3 is 5.11 Å². The highest BCUT2D eigenvalue weighted by Gasteiger charge is 2.36. The van der Waals surface area contributed by atoms with Gasteiger partial charge in [0.05, 0.1) is 0 Å². The van der Waals surface area contributed by atoms with E-state index in [2.05, 4.69) is 0 Å². The highest BCUT2D eigenvalue weighted by Crippen LogP contribution is 2.41. The molecule has 1 aromatic heterocycles. The smallest absolute Gasteiger partial charge is 0.186 e. The summed E-state index contributed by atoms with van der Waals surface area (Å²) >= 11 is 1.55. The van der Waals surface area contributed by atoms with Crippen molar-refractivity contribution in [3.8, 4) is 0 Å². The van der Waals surface area contributed by atoms with Crippen molar-refractivity contribution in [1.29, 1.82) is 0 Å². The second-order valence-electron chi connectivity index (χ2n) is 5.16. The van der Waals surface area contributed by atoms with Gasteiger partial charge in [-0.2, -0.15) is 0 Å². The molecule has 21 heavy (non-hydrogen) atoms. The van der Waals surface area contributed by atoms with Crippen molar-refractivity contribution in [3.63, 3.8) is 0 Å². The summed E-state index contributed by atoms with van der Waals surface area (Å²) in [5.41, 5.74) is -0.00205. The molecular weight excluding hydrogens is 280 g/mol. The zero-order chi connectivity index (χ0) is 14.4. The Morgan fingerprint density at radius 2 is 1.76 bits per heavy atom. The van der Waals surface area contributed by atoms with E-state index in [0.29, 0.717) is 11.1 Å². The third-order valence-electron chi connectivity index (χ3n) is 3.88. The summed E-state index contributed by atoms with van der Waals surface area (Å²) in [5.74, 6) is -0.0589. The van der Waals surface area contributed by atoms with Crippen molar-refractivity contribution in [1.82, 2.24) is 0 Å². The molecular formula is C18H12O2S. The second kappa shape index (κ2) is 4.38. The summed E-state index contributed by atoms with van der Waals surface area (Å²) in [5, 5.41) is 12.3. The van der Waals surface area contributed by atoms with Gasteiger partial charge in [0.2, 0.25) is 0 Å². The van der Waals surface area contributed by atoms with Crippen LogP contribution in [0.25, 0.3) is 10.1 Å². The van der Waals surface area contributed by atoms with E-state index in [0.717, 1.165) is 15.0 Å². The van der Waals surface area contributed by atoms with E-state index < -0.39 is 5.60 Å². The van der Waals surface area contributed by atoms with Crippen LogP contribution in [0, 0.1) is 0 Å². The van der Waals surface area contributed by atoms with Crippen molar-refractivity contribution in [2.24, 2.45) is 0 Å². The monoisotopic (exact) mass is 292 g/mol. The number of aliphatic hydroxyl groups is 1. The van der Waals surface area contributed by atoms with Crippen molar-refractivity contribution in [2.75, 3.05) is 0 Å². The molecule has 1 aliphatic rings. The molecule has 3 heteroatoms. The molecule has 2 aromatic carbocycles. The lowest BCUT2D eigenvalue weighted by atomic mass is 9.82. The predicted octanol–water partition coefficient (Wildman–Crippen LogP) is 3.89. The van der Waals surface area contributed by atoms with Crippen molar-refractivity contribution >= 4 is 27.2 Å². The van der Waals surface area contributed by atoms with Crippen molar-refractivity contribution in [3.05, 3.63) is 82.8 Å². The molecule has 3 aromatic rings. The van der Waals surface area contributed by atoms with Crippen LogP contribution in [-0.2, 0) is 5.60 Å². The maximum absolute atomic E-state index is 12.0. The quantitative estimate of drug-likeness (QED) is 0.739. The fourth-order valence-corrected chi connectivity index (χ4v) is 3.94. The number of benzene rings is 2. The highest BCUT2D eigenvalue weighted by atomic mass is 32.1. The number of allylic oxidation sites excluding steroid dienone is 1. The molecule has 0 saturated carbocycles. The zero-order valence-corrected chi connectivity index (χ0v) is 11.9. The first-order valence-electron chi connectivity index (χ1n) is 6.73. The Morgan fingerprint density at radius 3 is 2.62 bits per heavy atom. The Bertz CT molecular complexity index is 858. The Balaban J connectivity index is 1.98. The molecule has 4 rings (SSSR count). The molecule has 0 saturated heterocycles.